The predicted molar refractivity (Wildman–Crippen MR) is 148 cm³/mol. The SMILES string of the molecule is COc1cc(C=O)cc(OC)c1Oc1ccc(N([N]c2c([N+](=O)[O-])cc([N+](=O)[O-])cc2[N+](=O)[O-])c2ccccc2)cc1. The van der Waals surface area contributed by atoms with E-state index < -0.39 is 37.5 Å². The Morgan fingerprint density at radius 3 is 1.71 bits per heavy atom. The summed E-state index contributed by atoms with van der Waals surface area (Å²) >= 11 is 0. The van der Waals surface area contributed by atoms with E-state index in [9.17, 15) is 35.1 Å². The smallest absolute Gasteiger partial charge is 0.310 e. The first-order valence-electron chi connectivity index (χ1n) is 11.8. The van der Waals surface area contributed by atoms with Crippen molar-refractivity contribution in [2.75, 3.05) is 19.2 Å². The highest BCUT2D eigenvalue weighted by Crippen LogP contribution is 2.43. The van der Waals surface area contributed by atoms with Gasteiger partial charge in [-0.15, -0.1) is 0 Å². The molecule has 42 heavy (non-hydrogen) atoms. The lowest BCUT2D eigenvalue weighted by molar-refractivity contribution is -0.402. The fraction of sp³-hybridized carbons (Fsp3) is 0.0741. The molecule has 0 saturated heterocycles. The molecule has 0 aliphatic rings. The number of methoxy groups -OCH3 is 2. The van der Waals surface area contributed by atoms with Crippen LogP contribution in [0.15, 0.2) is 78.9 Å². The highest BCUT2D eigenvalue weighted by molar-refractivity contribution is 5.79. The first kappa shape index (κ1) is 28.8. The lowest BCUT2D eigenvalue weighted by Crippen LogP contribution is -2.24. The van der Waals surface area contributed by atoms with Gasteiger partial charge in [-0.1, -0.05) is 18.2 Å². The molecule has 0 saturated carbocycles. The van der Waals surface area contributed by atoms with Crippen LogP contribution in [0.1, 0.15) is 10.4 Å². The van der Waals surface area contributed by atoms with E-state index in [1.165, 1.54) is 55.6 Å². The van der Waals surface area contributed by atoms with Crippen LogP contribution in [0.3, 0.4) is 0 Å². The van der Waals surface area contributed by atoms with Gasteiger partial charge in [0.25, 0.3) is 5.69 Å². The molecular formula is C27H20N5O10. The Bertz CT molecular complexity index is 1600. The Morgan fingerprint density at radius 1 is 0.738 bits per heavy atom. The Kier molecular flexibility index (Phi) is 8.41. The average molecular weight is 574 g/mol. The number of rotatable bonds is 12. The first-order chi connectivity index (χ1) is 20.2. The number of nitro groups is 3. The van der Waals surface area contributed by atoms with Crippen LogP contribution in [0.2, 0.25) is 0 Å². The summed E-state index contributed by atoms with van der Waals surface area (Å²) in [7, 11) is 2.80. The minimum atomic E-state index is -0.977. The van der Waals surface area contributed by atoms with Crippen LogP contribution in [0.5, 0.6) is 23.0 Å². The number of non-ortho nitro benzene ring substituents is 1. The van der Waals surface area contributed by atoms with Gasteiger partial charge in [-0.3, -0.25) is 35.1 Å². The van der Waals surface area contributed by atoms with E-state index >= 15 is 0 Å². The van der Waals surface area contributed by atoms with Crippen molar-refractivity contribution in [1.29, 1.82) is 0 Å². The third kappa shape index (κ3) is 5.99. The van der Waals surface area contributed by atoms with E-state index in [4.69, 9.17) is 14.2 Å². The zero-order valence-electron chi connectivity index (χ0n) is 21.9. The number of nitro benzene ring substituents is 3. The highest BCUT2D eigenvalue weighted by atomic mass is 16.6. The van der Waals surface area contributed by atoms with Crippen molar-refractivity contribution < 1.29 is 33.8 Å². The summed E-state index contributed by atoms with van der Waals surface area (Å²) in [5.74, 6) is 0.966. The molecule has 4 rings (SSSR count). The lowest BCUT2D eigenvalue weighted by atomic mass is 10.2. The van der Waals surface area contributed by atoms with Crippen molar-refractivity contribution in [1.82, 2.24) is 5.43 Å². The fourth-order valence-electron chi connectivity index (χ4n) is 3.85. The molecule has 15 heteroatoms. The van der Waals surface area contributed by atoms with Gasteiger partial charge in [0, 0.05) is 5.56 Å². The quantitative estimate of drug-likeness (QED) is 0.109. The van der Waals surface area contributed by atoms with Gasteiger partial charge < -0.3 is 14.2 Å². The molecule has 0 heterocycles. The molecule has 213 valence electrons. The second-order valence-corrected chi connectivity index (χ2v) is 8.32. The average Bonchev–Trinajstić information content (AvgIpc) is 3.00. The number of nitrogens with zero attached hydrogens (tertiary/aromatic N) is 5. The van der Waals surface area contributed by atoms with Crippen LogP contribution in [-0.4, -0.2) is 35.3 Å². The van der Waals surface area contributed by atoms with Crippen molar-refractivity contribution in [3.8, 4) is 23.0 Å². The number of aldehydes is 1. The topological polar surface area (TPSA) is 192 Å². The van der Waals surface area contributed by atoms with Crippen LogP contribution >= 0.6 is 0 Å². The number of benzene rings is 4. The Morgan fingerprint density at radius 2 is 1.26 bits per heavy atom. The largest absolute Gasteiger partial charge is 0.493 e. The monoisotopic (exact) mass is 574 g/mol. The number of carbonyl (C=O) groups is 1. The summed E-state index contributed by atoms with van der Waals surface area (Å²) < 4.78 is 16.6. The number of hydrogen-bond acceptors (Lipinski definition) is 11. The number of ether oxygens (including phenoxy) is 3. The molecule has 4 aromatic carbocycles. The normalized spacial score (nSPS) is 10.3. The van der Waals surface area contributed by atoms with Crippen molar-refractivity contribution in [3.63, 3.8) is 0 Å². The van der Waals surface area contributed by atoms with Gasteiger partial charge >= 0.3 is 11.4 Å². The summed E-state index contributed by atoms with van der Waals surface area (Å²) in [6, 6.07) is 18.6. The van der Waals surface area contributed by atoms with Crippen molar-refractivity contribution in [3.05, 3.63) is 115 Å². The lowest BCUT2D eigenvalue weighted by Gasteiger charge is -2.23. The number of hydrogen-bond donors (Lipinski definition) is 0. The molecule has 15 nitrogen and oxygen atoms in total. The summed E-state index contributed by atoms with van der Waals surface area (Å²) in [6.45, 7) is 0. The molecule has 0 aliphatic carbocycles. The van der Waals surface area contributed by atoms with Crippen molar-refractivity contribution in [2.24, 2.45) is 0 Å². The maximum absolute atomic E-state index is 11.8. The first-order valence-corrected chi connectivity index (χ1v) is 11.8. The van der Waals surface area contributed by atoms with Gasteiger partial charge in [0.2, 0.25) is 11.4 Å². The van der Waals surface area contributed by atoms with E-state index in [0.29, 0.717) is 41.1 Å². The Hall–Kier alpha value is -6.25. The summed E-state index contributed by atoms with van der Waals surface area (Å²) in [4.78, 5) is 43.2. The standard InChI is InChI=1S/C27H20N5O10/c1-40-24-12-17(16-33)13-25(41-2)27(24)42-21-10-8-19(9-11-21)29(18-6-4-3-5-7-18)28-26-22(31(36)37)14-20(30(34)35)15-23(26)32(38)39/h3-16H,1-2H3. The van der Waals surface area contributed by atoms with Gasteiger partial charge in [0.05, 0.1) is 52.5 Å². The maximum Gasteiger partial charge on any atom is 0.310 e. The third-order valence-electron chi connectivity index (χ3n) is 5.78. The fourth-order valence-corrected chi connectivity index (χ4v) is 3.85. The molecule has 4 aromatic rings. The maximum atomic E-state index is 11.8. The van der Waals surface area contributed by atoms with Crippen LogP contribution in [0.4, 0.5) is 34.1 Å². The molecule has 1 radical (unpaired) electrons. The molecule has 0 bridgehead atoms. The summed E-state index contributed by atoms with van der Waals surface area (Å²) in [6.07, 6.45) is 0.630. The number of anilines is 2. The van der Waals surface area contributed by atoms with E-state index in [0.717, 1.165) is 0 Å². The molecule has 0 aliphatic heterocycles. The minimum absolute atomic E-state index is 0.195. The zero-order valence-corrected chi connectivity index (χ0v) is 21.9. The van der Waals surface area contributed by atoms with Crippen molar-refractivity contribution in [2.45, 2.75) is 0 Å². The van der Waals surface area contributed by atoms with Gasteiger partial charge in [0.15, 0.2) is 11.5 Å². The number of para-hydroxylation sites is 1. The van der Waals surface area contributed by atoms with Crippen molar-refractivity contribution >= 4 is 40.4 Å². The zero-order chi connectivity index (χ0) is 30.4. The van der Waals surface area contributed by atoms with E-state index in [2.05, 4.69) is 5.43 Å². The summed E-state index contributed by atoms with van der Waals surface area (Å²) in [5, 5.41) is 36.1. The number of carbonyl (C=O) groups excluding carboxylic acids is 1. The second-order valence-electron chi connectivity index (χ2n) is 8.32. The van der Waals surface area contributed by atoms with Gasteiger partial charge in [-0.05, 0) is 48.5 Å². The van der Waals surface area contributed by atoms with Crippen LogP contribution < -0.4 is 24.6 Å². The Labute approximate surface area is 236 Å². The highest BCUT2D eigenvalue weighted by Gasteiger charge is 2.33. The van der Waals surface area contributed by atoms with Gasteiger partial charge in [0.1, 0.15) is 12.0 Å². The van der Waals surface area contributed by atoms with Crippen LogP contribution in [0, 0.1) is 30.3 Å². The molecule has 0 N–H and O–H groups in total. The molecule has 0 atom stereocenters. The van der Waals surface area contributed by atoms with E-state index in [-0.39, 0.29) is 17.2 Å². The van der Waals surface area contributed by atoms with E-state index in [1.54, 1.807) is 30.3 Å². The minimum Gasteiger partial charge on any atom is -0.493 e. The summed E-state index contributed by atoms with van der Waals surface area (Å²) in [5.41, 5.74) is 1.88. The van der Waals surface area contributed by atoms with E-state index in [1.807, 2.05) is 0 Å². The molecule has 0 fully saturated rings. The van der Waals surface area contributed by atoms with Gasteiger partial charge in [-0.25, -0.2) is 5.01 Å². The molecule has 0 unspecified atom stereocenters. The van der Waals surface area contributed by atoms with Crippen LogP contribution in [0.25, 0.3) is 0 Å². The molecular weight excluding hydrogens is 554 g/mol. The van der Waals surface area contributed by atoms with Crippen LogP contribution in [-0.2, 0) is 0 Å². The second kappa shape index (κ2) is 12.3. The molecule has 0 spiro atoms. The third-order valence-corrected chi connectivity index (χ3v) is 5.78. The van der Waals surface area contributed by atoms with Gasteiger partial charge in [-0.2, -0.15) is 5.43 Å². The Balaban J connectivity index is 1.77. The molecule has 0 aromatic heterocycles. The molecule has 0 amide bonds. The predicted octanol–water partition coefficient (Wildman–Crippen LogP) is 6.02.